The number of aryl methyl sites for hydroxylation is 1. The number of ether oxygens (including phenoxy) is 1. The second kappa shape index (κ2) is 15.9. The van der Waals surface area contributed by atoms with Gasteiger partial charge in [-0.3, -0.25) is 9.89 Å². The Balaban J connectivity index is 0.00000480. The van der Waals surface area contributed by atoms with E-state index < -0.39 is 0 Å². The van der Waals surface area contributed by atoms with Crippen molar-refractivity contribution in [2.45, 2.75) is 59.5 Å². The normalized spacial score (nSPS) is 17.3. The molecule has 8 heteroatoms. The van der Waals surface area contributed by atoms with Crippen LogP contribution in [0.4, 0.5) is 0 Å². The van der Waals surface area contributed by atoms with E-state index in [-0.39, 0.29) is 30.0 Å². The second-order valence-corrected chi connectivity index (χ2v) is 8.05. The fourth-order valence-electron chi connectivity index (χ4n) is 3.87. The molecule has 0 amide bonds. The van der Waals surface area contributed by atoms with Gasteiger partial charge in [0.2, 0.25) is 0 Å². The van der Waals surface area contributed by atoms with E-state index in [9.17, 15) is 0 Å². The highest BCUT2D eigenvalue weighted by Crippen LogP contribution is 2.24. The summed E-state index contributed by atoms with van der Waals surface area (Å²) in [6.45, 7) is 19.1. The topological polar surface area (TPSA) is 65.3 Å². The van der Waals surface area contributed by atoms with Gasteiger partial charge in [-0.15, -0.1) is 24.0 Å². The first-order chi connectivity index (χ1) is 14.6. The van der Waals surface area contributed by atoms with E-state index in [4.69, 9.17) is 14.1 Å². The Morgan fingerprint density at radius 1 is 1.19 bits per heavy atom. The lowest BCUT2D eigenvalue weighted by Crippen LogP contribution is -2.44. The maximum Gasteiger partial charge on any atom is 0.191 e. The third kappa shape index (κ3) is 10.1. The van der Waals surface area contributed by atoms with Gasteiger partial charge in [0.1, 0.15) is 11.5 Å². The summed E-state index contributed by atoms with van der Waals surface area (Å²) in [4.78, 5) is 9.83. The summed E-state index contributed by atoms with van der Waals surface area (Å²) in [7, 11) is 0. The van der Waals surface area contributed by atoms with E-state index in [1.807, 2.05) is 13.0 Å². The molecule has 7 nitrogen and oxygen atoms in total. The zero-order valence-electron chi connectivity index (χ0n) is 20.2. The molecule has 0 bridgehead atoms. The van der Waals surface area contributed by atoms with Crippen LogP contribution < -0.4 is 10.6 Å². The fourth-order valence-corrected chi connectivity index (χ4v) is 3.87. The van der Waals surface area contributed by atoms with Gasteiger partial charge in [0.15, 0.2) is 5.96 Å². The van der Waals surface area contributed by atoms with Crippen molar-refractivity contribution in [2.75, 3.05) is 59.0 Å². The Kier molecular flexibility index (Phi) is 14.4. The lowest BCUT2D eigenvalue weighted by molar-refractivity contribution is 0.0135. The molecular weight excluding hydrogens is 505 g/mol. The summed E-state index contributed by atoms with van der Waals surface area (Å²) in [5.41, 5.74) is 0. The van der Waals surface area contributed by atoms with Crippen molar-refractivity contribution in [1.29, 1.82) is 0 Å². The van der Waals surface area contributed by atoms with Crippen LogP contribution in [0.25, 0.3) is 0 Å². The van der Waals surface area contributed by atoms with Crippen molar-refractivity contribution in [1.82, 2.24) is 20.4 Å². The summed E-state index contributed by atoms with van der Waals surface area (Å²) in [5, 5.41) is 6.99. The number of nitrogens with one attached hydrogen (secondary N) is 2. The summed E-state index contributed by atoms with van der Waals surface area (Å²) >= 11 is 0. The molecule has 0 spiro atoms. The molecule has 2 N–H and O–H groups in total. The maximum absolute atomic E-state index is 5.97. The van der Waals surface area contributed by atoms with Crippen molar-refractivity contribution in [2.24, 2.45) is 4.99 Å². The second-order valence-electron chi connectivity index (χ2n) is 8.05. The van der Waals surface area contributed by atoms with E-state index in [0.717, 1.165) is 76.4 Å². The van der Waals surface area contributed by atoms with Crippen LogP contribution >= 0.6 is 24.0 Å². The number of guanidine groups is 1. The monoisotopic (exact) mass is 549 g/mol. The predicted octanol–water partition coefficient (Wildman–Crippen LogP) is 3.64. The van der Waals surface area contributed by atoms with Gasteiger partial charge in [0, 0.05) is 25.7 Å². The van der Waals surface area contributed by atoms with E-state index in [1.54, 1.807) is 0 Å². The third-order valence-electron chi connectivity index (χ3n) is 5.73. The minimum atomic E-state index is 0. The molecule has 0 aliphatic carbocycles. The van der Waals surface area contributed by atoms with Crippen LogP contribution in [-0.4, -0.2) is 80.8 Å². The van der Waals surface area contributed by atoms with Crippen molar-refractivity contribution >= 4 is 29.9 Å². The Labute approximate surface area is 206 Å². The highest BCUT2D eigenvalue weighted by Gasteiger charge is 2.25. The summed E-state index contributed by atoms with van der Waals surface area (Å²) in [6, 6.07) is 4.64. The van der Waals surface area contributed by atoms with Crippen molar-refractivity contribution < 1.29 is 9.15 Å². The first-order valence-corrected chi connectivity index (χ1v) is 11.7. The molecule has 0 aromatic carbocycles. The fraction of sp³-hybridized carbons (Fsp3) is 0.783. The van der Waals surface area contributed by atoms with Gasteiger partial charge in [0.05, 0.1) is 25.8 Å². The lowest BCUT2D eigenvalue weighted by Gasteiger charge is -2.32. The van der Waals surface area contributed by atoms with Gasteiger partial charge in [-0.25, -0.2) is 0 Å². The van der Waals surface area contributed by atoms with Gasteiger partial charge in [-0.2, -0.15) is 0 Å². The van der Waals surface area contributed by atoms with Crippen LogP contribution in [0.1, 0.15) is 58.1 Å². The quantitative estimate of drug-likeness (QED) is 0.236. The van der Waals surface area contributed by atoms with Crippen LogP contribution in [0.5, 0.6) is 0 Å². The van der Waals surface area contributed by atoms with Crippen LogP contribution in [-0.2, 0) is 4.74 Å². The van der Waals surface area contributed by atoms with Crippen LogP contribution in [0.15, 0.2) is 21.5 Å². The minimum Gasteiger partial charge on any atom is -0.465 e. The Morgan fingerprint density at radius 2 is 1.90 bits per heavy atom. The van der Waals surface area contributed by atoms with Crippen molar-refractivity contribution in [3.8, 4) is 0 Å². The minimum absolute atomic E-state index is 0. The Hall–Kier alpha value is -0.840. The molecule has 2 rings (SSSR count). The molecule has 31 heavy (non-hydrogen) atoms. The van der Waals surface area contributed by atoms with E-state index in [0.29, 0.717) is 12.6 Å². The predicted molar refractivity (Wildman–Crippen MR) is 140 cm³/mol. The molecule has 1 aliphatic heterocycles. The molecule has 1 fully saturated rings. The van der Waals surface area contributed by atoms with Gasteiger partial charge in [-0.1, -0.05) is 13.8 Å². The highest BCUT2D eigenvalue weighted by atomic mass is 127. The van der Waals surface area contributed by atoms with E-state index >= 15 is 0 Å². The molecule has 0 saturated carbocycles. The third-order valence-corrected chi connectivity index (χ3v) is 5.73. The van der Waals surface area contributed by atoms with Gasteiger partial charge in [-0.05, 0) is 65.4 Å². The first kappa shape index (κ1) is 28.2. The molecule has 1 aliphatic rings. The first-order valence-electron chi connectivity index (χ1n) is 11.7. The van der Waals surface area contributed by atoms with Gasteiger partial charge < -0.3 is 24.7 Å². The smallest absolute Gasteiger partial charge is 0.191 e. The largest absolute Gasteiger partial charge is 0.465 e. The number of halogens is 1. The van der Waals surface area contributed by atoms with Crippen LogP contribution in [0.3, 0.4) is 0 Å². The van der Waals surface area contributed by atoms with Crippen LogP contribution in [0.2, 0.25) is 0 Å². The van der Waals surface area contributed by atoms with Gasteiger partial charge >= 0.3 is 0 Å². The molecule has 2 atom stereocenters. The number of furan rings is 1. The molecule has 1 saturated heterocycles. The van der Waals surface area contributed by atoms with E-state index in [2.05, 4.69) is 54.2 Å². The molecular formula is C23H44IN5O2. The Bertz CT molecular complexity index is 615. The van der Waals surface area contributed by atoms with E-state index in [1.165, 1.54) is 6.42 Å². The average Bonchev–Trinajstić information content (AvgIpc) is 3.18. The number of rotatable bonds is 12. The number of nitrogens with zero attached hydrogens (tertiary/aromatic N) is 3. The lowest BCUT2D eigenvalue weighted by atomic mass is 10.1. The number of hydrogen-bond acceptors (Lipinski definition) is 5. The SMILES string of the molecule is CCNC(=NCC(c1ccc(C)o1)N1CCOCC1)NC(C)CCCN(CC)CC.I. The summed E-state index contributed by atoms with van der Waals surface area (Å²) in [5.74, 6) is 2.81. The number of hydrogen-bond donors (Lipinski definition) is 2. The Morgan fingerprint density at radius 3 is 2.48 bits per heavy atom. The number of aliphatic imine (C=N–C) groups is 1. The average molecular weight is 550 g/mol. The molecule has 1 aromatic rings. The molecule has 180 valence electrons. The zero-order valence-corrected chi connectivity index (χ0v) is 22.5. The summed E-state index contributed by atoms with van der Waals surface area (Å²) in [6.07, 6.45) is 2.32. The molecule has 1 aromatic heterocycles. The zero-order chi connectivity index (χ0) is 21.8. The molecule has 2 heterocycles. The van der Waals surface area contributed by atoms with Crippen molar-refractivity contribution in [3.05, 3.63) is 23.7 Å². The maximum atomic E-state index is 5.97. The van der Waals surface area contributed by atoms with Crippen LogP contribution in [0, 0.1) is 6.92 Å². The molecule has 2 unspecified atom stereocenters. The summed E-state index contributed by atoms with van der Waals surface area (Å²) < 4.78 is 11.5. The molecule has 0 radical (unpaired) electrons. The van der Waals surface area contributed by atoms with Crippen molar-refractivity contribution in [3.63, 3.8) is 0 Å². The van der Waals surface area contributed by atoms with Gasteiger partial charge in [0.25, 0.3) is 0 Å². The highest BCUT2D eigenvalue weighted by molar-refractivity contribution is 14.0. The standard InChI is InChI=1S/C23H43N5O2.HI/c1-6-24-23(26-19(4)10-9-13-27(7-2)8-3)25-18-21(22-12-11-20(5)30-22)28-14-16-29-17-15-28;/h11-12,19,21H,6-10,13-18H2,1-5H3,(H2,24,25,26);1H. The number of morpholine rings is 1.